The molecule has 1 aromatic heterocycles. The molecule has 40 heavy (non-hydrogen) atoms. The minimum absolute atomic E-state index is 0.0576. The summed E-state index contributed by atoms with van der Waals surface area (Å²) in [4.78, 5) is 32.1. The standard InChI is InChI=1S/C34H39N3O3/c1-35-17-22-14-15-23(18-35)37(22)33(38)26-13-7-12-25-29(26)28-16-21-10-6-11-24(20-8-4-3-5-9-20)32(21)36(28)19-27-30(25)31(27)34(39)40-2/h6-7,10-12,16,20,22-23,26,29H,3-5,8-9,13-15,17-19H2,1-2H3/t22?,23?,26-,29?/m1/s1. The fourth-order valence-electron chi connectivity index (χ4n) is 9.04. The quantitative estimate of drug-likeness (QED) is 0.489. The molecule has 3 unspecified atom stereocenters. The van der Waals surface area contributed by atoms with E-state index in [1.807, 2.05) is 0 Å². The van der Waals surface area contributed by atoms with Crippen molar-refractivity contribution in [2.75, 3.05) is 27.2 Å². The number of nitrogens with zero attached hydrogens (tertiary/aromatic N) is 3. The zero-order valence-electron chi connectivity index (χ0n) is 23.7. The molecule has 8 rings (SSSR count). The van der Waals surface area contributed by atoms with E-state index in [2.05, 4.69) is 57.8 Å². The maximum Gasteiger partial charge on any atom is 0.338 e. The lowest BCUT2D eigenvalue weighted by molar-refractivity contribution is -0.141. The first-order valence-corrected chi connectivity index (χ1v) is 15.4. The Hall–Kier alpha value is -3.12. The molecule has 3 fully saturated rings. The molecule has 1 amide bonds. The molecule has 2 saturated heterocycles. The van der Waals surface area contributed by atoms with Gasteiger partial charge in [0.1, 0.15) is 0 Å². The summed E-state index contributed by atoms with van der Waals surface area (Å²) in [7, 11) is 3.65. The monoisotopic (exact) mass is 537 g/mol. The van der Waals surface area contributed by atoms with Gasteiger partial charge in [-0.3, -0.25) is 4.79 Å². The molecule has 6 heteroatoms. The number of carbonyl (C=O) groups is 2. The number of methoxy groups -OCH3 is 1. The first-order valence-electron chi connectivity index (χ1n) is 15.4. The Bertz CT molecular complexity index is 1510. The smallest absolute Gasteiger partial charge is 0.338 e. The predicted molar refractivity (Wildman–Crippen MR) is 155 cm³/mol. The van der Waals surface area contributed by atoms with Crippen LogP contribution < -0.4 is 0 Å². The van der Waals surface area contributed by atoms with Crippen LogP contribution in [0, 0.1) is 5.92 Å². The van der Waals surface area contributed by atoms with Gasteiger partial charge >= 0.3 is 5.97 Å². The number of piperazine rings is 1. The Balaban J connectivity index is 1.28. The van der Waals surface area contributed by atoms with Gasteiger partial charge < -0.3 is 19.1 Å². The van der Waals surface area contributed by atoms with Crippen molar-refractivity contribution in [2.24, 2.45) is 5.92 Å². The Morgan fingerprint density at radius 2 is 1.77 bits per heavy atom. The van der Waals surface area contributed by atoms with Crippen LogP contribution in [0.2, 0.25) is 0 Å². The molecule has 208 valence electrons. The summed E-state index contributed by atoms with van der Waals surface area (Å²) in [5, 5.41) is 1.27. The van der Waals surface area contributed by atoms with E-state index in [1.54, 1.807) is 0 Å². The maximum absolute atomic E-state index is 14.6. The fraction of sp³-hybridized carbons (Fsp3) is 0.529. The maximum atomic E-state index is 14.6. The molecule has 1 saturated carbocycles. The van der Waals surface area contributed by atoms with Crippen molar-refractivity contribution in [3.05, 3.63) is 70.0 Å². The van der Waals surface area contributed by atoms with E-state index in [-0.39, 0.29) is 17.8 Å². The minimum Gasteiger partial charge on any atom is -0.465 e. The summed E-state index contributed by atoms with van der Waals surface area (Å²) in [5.74, 6) is 0.421. The number of allylic oxidation sites excluding steroid dienone is 4. The van der Waals surface area contributed by atoms with Crippen LogP contribution in [0.1, 0.15) is 74.5 Å². The number of hydrogen-bond acceptors (Lipinski definition) is 4. The van der Waals surface area contributed by atoms with Crippen molar-refractivity contribution in [1.82, 2.24) is 14.4 Å². The second-order valence-electron chi connectivity index (χ2n) is 13.0. The summed E-state index contributed by atoms with van der Waals surface area (Å²) in [6.45, 7) is 2.61. The highest BCUT2D eigenvalue weighted by atomic mass is 16.5. The third-order valence-corrected chi connectivity index (χ3v) is 10.8. The van der Waals surface area contributed by atoms with E-state index >= 15 is 0 Å². The number of likely N-dealkylation sites (tertiary alicyclic amines) is 1. The molecule has 3 aliphatic heterocycles. The number of fused-ring (bicyclic) bond motifs is 8. The average Bonchev–Trinajstić information content (AvgIpc) is 3.51. The van der Waals surface area contributed by atoms with Crippen molar-refractivity contribution in [3.8, 4) is 0 Å². The zero-order chi connectivity index (χ0) is 27.1. The van der Waals surface area contributed by atoms with Gasteiger partial charge in [-0.25, -0.2) is 4.79 Å². The van der Waals surface area contributed by atoms with Gasteiger partial charge in [-0.15, -0.1) is 0 Å². The molecular weight excluding hydrogens is 498 g/mol. The highest BCUT2D eigenvalue weighted by molar-refractivity contribution is 6.06. The van der Waals surface area contributed by atoms with Crippen LogP contribution in [0.15, 0.2) is 58.7 Å². The van der Waals surface area contributed by atoms with Gasteiger partial charge in [-0.05, 0) is 73.4 Å². The fourth-order valence-corrected chi connectivity index (χ4v) is 9.04. The van der Waals surface area contributed by atoms with Crippen LogP contribution in [0.25, 0.3) is 10.9 Å². The van der Waals surface area contributed by atoms with Crippen molar-refractivity contribution in [1.29, 1.82) is 0 Å². The minimum atomic E-state index is -0.248. The van der Waals surface area contributed by atoms with Crippen molar-refractivity contribution in [2.45, 2.75) is 81.8 Å². The average molecular weight is 538 g/mol. The van der Waals surface area contributed by atoms with Gasteiger partial charge in [0, 0.05) is 48.7 Å². The van der Waals surface area contributed by atoms with E-state index in [1.165, 1.54) is 61.4 Å². The molecule has 4 heterocycles. The van der Waals surface area contributed by atoms with Gasteiger partial charge in [-0.2, -0.15) is 0 Å². The Labute approximate surface area is 236 Å². The number of para-hydroxylation sites is 1. The van der Waals surface area contributed by atoms with Crippen LogP contribution in [-0.4, -0.2) is 65.6 Å². The molecular formula is C34H39N3O3. The molecule has 6 nitrogen and oxygen atoms in total. The molecule has 0 radical (unpaired) electrons. The molecule has 6 aliphatic rings. The second kappa shape index (κ2) is 9.20. The van der Waals surface area contributed by atoms with E-state index in [9.17, 15) is 9.59 Å². The molecule has 4 atom stereocenters. The highest BCUT2D eigenvalue weighted by Crippen LogP contribution is 2.55. The van der Waals surface area contributed by atoms with E-state index in [4.69, 9.17) is 4.74 Å². The van der Waals surface area contributed by atoms with Crippen LogP contribution in [-0.2, 0) is 20.9 Å². The molecule has 3 aliphatic carbocycles. The van der Waals surface area contributed by atoms with Crippen LogP contribution in [0.4, 0.5) is 0 Å². The molecule has 0 spiro atoms. The Morgan fingerprint density at radius 3 is 2.52 bits per heavy atom. The van der Waals surface area contributed by atoms with E-state index < -0.39 is 0 Å². The first-order chi connectivity index (χ1) is 19.5. The topological polar surface area (TPSA) is 54.8 Å². The van der Waals surface area contributed by atoms with Crippen LogP contribution in [0.3, 0.4) is 0 Å². The highest BCUT2D eigenvalue weighted by Gasteiger charge is 2.50. The van der Waals surface area contributed by atoms with Crippen molar-refractivity contribution < 1.29 is 14.3 Å². The largest absolute Gasteiger partial charge is 0.465 e. The number of rotatable bonds is 3. The third-order valence-electron chi connectivity index (χ3n) is 10.8. The number of aromatic nitrogens is 1. The van der Waals surface area contributed by atoms with Gasteiger partial charge in [0.2, 0.25) is 5.91 Å². The predicted octanol–water partition coefficient (Wildman–Crippen LogP) is 5.45. The van der Waals surface area contributed by atoms with Crippen molar-refractivity contribution in [3.63, 3.8) is 0 Å². The lowest BCUT2D eigenvalue weighted by Crippen LogP contribution is -2.56. The number of ether oxygens (including phenoxy) is 1. The summed E-state index contributed by atoms with van der Waals surface area (Å²) < 4.78 is 7.72. The lowest BCUT2D eigenvalue weighted by atomic mass is 9.75. The summed E-state index contributed by atoms with van der Waals surface area (Å²) in [6, 6.07) is 9.79. The summed E-state index contributed by atoms with van der Waals surface area (Å²) in [5.41, 5.74) is 8.03. The lowest BCUT2D eigenvalue weighted by Gasteiger charge is -2.43. The van der Waals surface area contributed by atoms with Crippen molar-refractivity contribution >= 4 is 22.8 Å². The van der Waals surface area contributed by atoms with Crippen LogP contribution >= 0.6 is 0 Å². The van der Waals surface area contributed by atoms with Gasteiger partial charge in [0.25, 0.3) is 0 Å². The summed E-state index contributed by atoms with van der Waals surface area (Å²) in [6.07, 6.45) is 13.7. The first kappa shape index (κ1) is 24.7. The number of amides is 1. The normalized spacial score (nSPS) is 29.8. The van der Waals surface area contributed by atoms with Gasteiger partial charge in [0.15, 0.2) is 0 Å². The van der Waals surface area contributed by atoms with Crippen LogP contribution in [0.5, 0.6) is 0 Å². The third kappa shape index (κ3) is 3.57. The molecule has 2 bridgehead atoms. The van der Waals surface area contributed by atoms with Gasteiger partial charge in [0.05, 0.1) is 24.1 Å². The number of likely N-dealkylation sites (N-methyl/N-ethyl adjacent to an activating group) is 1. The number of hydrogen-bond donors (Lipinski definition) is 0. The molecule has 0 N–H and O–H groups in total. The van der Waals surface area contributed by atoms with E-state index in [0.717, 1.165) is 54.6 Å². The zero-order valence-corrected chi connectivity index (χ0v) is 23.7. The second-order valence-corrected chi connectivity index (χ2v) is 13.0. The molecule has 1 aromatic carbocycles. The summed E-state index contributed by atoms with van der Waals surface area (Å²) >= 11 is 0. The SMILES string of the molecule is COC(=O)C1=C2Cn3c(cc4cccc(C5CCCCC5)c43)C3C(=C21)C=CC[C@H]3C(=O)N1C2CCC1CN(C)C2. The van der Waals surface area contributed by atoms with Gasteiger partial charge in [-0.1, -0.05) is 49.6 Å². The number of benzene rings is 1. The van der Waals surface area contributed by atoms with E-state index in [0.29, 0.717) is 30.5 Å². The number of carbonyl (C=O) groups excluding carboxylic acids is 2. The molecule has 2 aromatic rings. The number of esters is 1. The Kier molecular flexibility index (Phi) is 5.67. The Morgan fingerprint density at radius 1 is 1.00 bits per heavy atom.